The zero-order chi connectivity index (χ0) is 15.7. The van der Waals surface area contributed by atoms with Crippen molar-refractivity contribution in [2.45, 2.75) is 25.7 Å². The number of carboxylic acid groups (broad SMARTS) is 1. The lowest BCUT2D eigenvalue weighted by Crippen LogP contribution is -2.43. The van der Waals surface area contributed by atoms with Gasteiger partial charge in [0.05, 0.1) is 11.8 Å². The second-order valence-electron chi connectivity index (χ2n) is 5.87. The molecule has 22 heavy (non-hydrogen) atoms. The van der Waals surface area contributed by atoms with Crippen LogP contribution >= 0.6 is 0 Å². The average Bonchev–Trinajstić information content (AvgIpc) is 2.97. The van der Waals surface area contributed by atoms with Crippen molar-refractivity contribution in [2.75, 3.05) is 13.1 Å². The zero-order valence-electron chi connectivity index (χ0n) is 12.5. The Hall–Kier alpha value is -2.30. The quantitative estimate of drug-likeness (QED) is 0.946. The summed E-state index contributed by atoms with van der Waals surface area (Å²) in [4.78, 5) is 25.4. The summed E-state index contributed by atoms with van der Waals surface area (Å²) in [6.45, 7) is 2.72. The fourth-order valence-electron chi connectivity index (χ4n) is 2.99. The highest BCUT2D eigenvalue weighted by Gasteiger charge is 2.31. The van der Waals surface area contributed by atoms with Crippen molar-refractivity contribution in [2.24, 2.45) is 5.92 Å². The number of hydrogen-bond donors (Lipinski definition) is 1. The van der Waals surface area contributed by atoms with Crippen molar-refractivity contribution in [3.63, 3.8) is 0 Å². The first-order valence-electron chi connectivity index (χ1n) is 7.56. The van der Waals surface area contributed by atoms with E-state index in [2.05, 4.69) is 0 Å². The Morgan fingerprint density at radius 1 is 1.36 bits per heavy atom. The molecule has 1 aliphatic heterocycles. The molecule has 1 amide bonds. The number of hydrogen-bond acceptors (Lipinski definition) is 3. The van der Waals surface area contributed by atoms with Crippen molar-refractivity contribution in [3.8, 4) is 0 Å². The maximum atomic E-state index is 12.6. The minimum absolute atomic E-state index is 0.0648. The minimum atomic E-state index is -0.825. The van der Waals surface area contributed by atoms with E-state index < -0.39 is 17.8 Å². The molecule has 1 aliphatic rings. The van der Waals surface area contributed by atoms with Gasteiger partial charge in [-0.25, -0.2) is 0 Å². The molecule has 5 nitrogen and oxygen atoms in total. The van der Waals surface area contributed by atoms with Crippen molar-refractivity contribution < 1.29 is 19.1 Å². The number of aliphatic carboxylic acids is 1. The van der Waals surface area contributed by atoms with Gasteiger partial charge in [0.25, 0.3) is 0 Å². The number of benzene rings is 1. The van der Waals surface area contributed by atoms with E-state index in [1.807, 2.05) is 37.3 Å². The lowest BCUT2D eigenvalue weighted by molar-refractivity contribution is -0.146. The summed E-state index contributed by atoms with van der Waals surface area (Å²) < 4.78 is 5.75. The molecule has 116 valence electrons. The van der Waals surface area contributed by atoms with Gasteiger partial charge in [0.15, 0.2) is 0 Å². The van der Waals surface area contributed by atoms with Crippen molar-refractivity contribution in [1.29, 1.82) is 0 Å². The lowest BCUT2D eigenvalue weighted by atomic mass is 9.96. The maximum Gasteiger partial charge on any atom is 0.308 e. The first-order valence-corrected chi connectivity index (χ1v) is 7.56. The number of fused-ring (bicyclic) bond motifs is 1. The second-order valence-corrected chi connectivity index (χ2v) is 5.87. The number of carbonyl (C=O) groups is 2. The van der Waals surface area contributed by atoms with E-state index in [-0.39, 0.29) is 5.91 Å². The molecule has 2 aromatic rings. The van der Waals surface area contributed by atoms with Crippen LogP contribution in [0.1, 0.15) is 31.4 Å². The van der Waals surface area contributed by atoms with Crippen molar-refractivity contribution in [1.82, 2.24) is 4.90 Å². The largest absolute Gasteiger partial charge is 0.481 e. The van der Waals surface area contributed by atoms with Crippen LogP contribution in [0.4, 0.5) is 0 Å². The molecule has 1 N–H and O–H groups in total. The fraction of sp³-hybridized carbons (Fsp3) is 0.412. The highest BCUT2D eigenvalue weighted by Crippen LogP contribution is 2.28. The minimum Gasteiger partial charge on any atom is -0.481 e. The summed E-state index contributed by atoms with van der Waals surface area (Å²) >= 11 is 0. The predicted molar refractivity (Wildman–Crippen MR) is 81.6 cm³/mol. The van der Waals surface area contributed by atoms with Crippen LogP contribution in [0, 0.1) is 5.92 Å². The number of para-hydroxylation sites is 1. The molecule has 0 aliphatic carbocycles. The van der Waals surface area contributed by atoms with Gasteiger partial charge < -0.3 is 14.4 Å². The molecule has 0 radical (unpaired) electrons. The van der Waals surface area contributed by atoms with Crippen LogP contribution in [0.25, 0.3) is 11.0 Å². The predicted octanol–water partition coefficient (Wildman–Crippen LogP) is 2.86. The smallest absolute Gasteiger partial charge is 0.308 e. The van der Waals surface area contributed by atoms with Gasteiger partial charge in [0.1, 0.15) is 11.3 Å². The molecule has 0 spiro atoms. The van der Waals surface area contributed by atoms with Crippen LogP contribution in [0.2, 0.25) is 0 Å². The Bertz CT molecular complexity index is 673. The van der Waals surface area contributed by atoms with Crippen LogP contribution in [0.3, 0.4) is 0 Å². The number of amides is 1. The molecule has 1 saturated heterocycles. The summed E-state index contributed by atoms with van der Waals surface area (Å²) in [7, 11) is 0. The molecule has 1 aromatic carbocycles. The number of piperidine rings is 1. The third-order valence-corrected chi connectivity index (χ3v) is 4.32. The number of nitrogens with zero attached hydrogens (tertiary/aromatic N) is 1. The van der Waals surface area contributed by atoms with Gasteiger partial charge in [0, 0.05) is 18.5 Å². The molecule has 0 bridgehead atoms. The van der Waals surface area contributed by atoms with E-state index >= 15 is 0 Å². The summed E-state index contributed by atoms with van der Waals surface area (Å²) in [5.41, 5.74) is 0.763. The number of rotatable bonds is 3. The maximum absolute atomic E-state index is 12.6. The Balaban J connectivity index is 1.77. The lowest BCUT2D eigenvalue weighted by Gasteiger charge is -2.32. The Kier molecular flexibility index (Phi) is 3.88. The monoisotopic (exact) mass is 301 g/mol. The molecule has 1 fully saturated rings. The fourth-order valence-corrected chi connectivity index (χ4v) is 2.99. The molecule has 0 saturated carbocycles. The number of carbonyl (C=O) groups excluding carboxylic acids is 1. The molecular weight excluding hydrogens is 282 g/mol. The summed E-state index contributed by atoms with van der Waals surface area (Å²) in [6, 6.07) is 9.52. The zero-order valence-corrected chi connectivity index (χ0v) is 12.5. The third-order valence-electron chi connectivity index (χ3n) is 4.32. The Labute approximate surface area is 128 Å². The topological polar surface area (TPSA) is 70.8 Å². The van der Waals surface area contributed by atoms with Crippen molar-refractivity contribution in [3.05, 3.63) is 36.1 Å². The molecule has 1 aromatic heterocycles. The molecular formula is C17H19NO4. The first kappa shape index (κ1) is 14.6. The van der Waals surface area contributed by atoms with Gasteiger partial charge in [-0.15, -0.1) is 0 Å². The van der Waals surface area contributed by atoms with E-state index in [0.29, 0.717) is 25.3 Å². The second kappa shape index (κ2) is 5.83. The van der Waals surface area contributed by atoms with E-state index in [0.717, 1.165) is 17.4 Å². The Morgan fingerprint density at radius 3 is 2.86 bits per heavy atom. The van der Waals surface area contributed by atoms with E-state index in [1.165, 1.54) is 0 Å². The van der Waals surface area contributed by atoms with Gasteiger partial charge >= 0.3 is 5.97 Å². The number of carboxylic acids is 1. The van der Waals surface area contributed by atoms with Crippen LogP contribution in [-0.4, -0.2) is 35.0 Å². The van der Waals surface area contributed by atoms with E-state index in [4.69, 9.17) is 9.52 Å². The Morgan fingerprint density at radius 2 is 2.14 bits per heavy atom. The van der Waals surface area contributed by atoms with Gasteiger partial charge in [-0.2, -0.15) is 0 Å². The molecule has 0 unspecified atom stereocenters. The average molecular weight is 301 g/mol. The molecule has 2 heterocycles. The van der Waals surface area contributed by atoms with Gasteiger partial charge in [-0.3, -0.25) is 9.59 Å². The first-order chi connectivity index (χ1) is 10.6. The van der Waals surface area contributed by atoms with Crippen LogP contribution in [0.15, 0.2) is 34.7 Å². The standard InChI is InChI=1S/C17H19NO4/c1-11(15-9-12-5-2-3-7-14(12)22-15)16(19)18-8-4-6-13(10-18)17(20)21/h2-3,5,7,9,11,13H,4,6,8,10H2,1H3,(H,20,21)/t11-,13+/m1/s1. The number of likely N-dealkylation sites (tertiary alicyclic amines) is 1. The van der Waals surface area contributed by atoms with Gasteiger partial charge in [-0.1, -0.05) is 18.2 Å². The highest BCUT2D eigenvalue weighted by atomic mass is 16.4. The SMILES string of the molecule is C[C@@H](C(=O)N1CCC[C@H](C(=O)O)C1)c1cc2ccccc2o1. The third kappa shape index (κ3) is 2.71. The summed E-state index contributed by atoms with van der Waals surface area (Å²) in [6.07, 6.45) is 1.37. The van der Waals surface area contributed by atoms with Crippen LogP contribution in [0.5, 0.6) is 0 Å². The van der Waals surface area contributed by atoms with Crippen LogP contribution in [-0.2, 0) is 9.59 Å². The molecule has 3 rings (SSSR count). The molecule has 2 atom stereocenters. The van der Waals surface area contributed by atoms with E-state index in [9.17, 15) is 9.59 Å². The van der Waals surface area contributed by atoms with Gasteiger partial charge in [0.2, 0.25) is 5.91 Å². The normalized spacial score (nSPS) is 20.0. The summed E-state index contributed by atoms with van der Waals surface area (Å²) in [5.74, 6) is -1.12. The number of furan rings is 1. The highest BCUT2D eigenvalue weighted by molar-refractivity contribution is 5.86. The van der Waals surface area contributed by atoms with E-state index in [1.54, 1.807) is 4.90 Å². The van der Waals surface area contributed by atoms with Crippen LogP contribution < -0.4 is 0 Å². The van der Waals surface area contributed by atoms with Crippen molar-refractivity contribution >= 4 is 22.8 Å². The van der Waals surface area contributed by atoms with Gasteiger partial charge in [-0.05, 0) is 31.9 Å². The summed E-state index contributed by atoms with van der Waals surface area (Å²) in [5, 5.41) is 10.1. The molecule has 5 heteroatoms.